The first-order chi connectivity index (χ1) is 10.0. The predicted octanol–water partition coefficient (Wildman–Crippen LogP) is 0.430. The van der Waals surface area contributed by atoms with Crippen LogP contribution in [0.25, 0.3) is 0 Å². The quantitative estimate of drug-likeness (QED) is 0.649. The Morgan fingerprint density at radius 1 is 1.48 bits per heavy atom. The molecule has 0 aromatic carbocycles. The fraction of sp³-hybridized carbons (Fsp3) is 0.615. The van der Waals surface area contributed by atoms with Crippen molar-refractivity contribution in [3.63, 3.8) is 0 Å². The van der Waals surface area contributed by atoms with Crippen molar-refractivity contribution in [1.29, 1.82) is 0 Å². The molecule has 2 heterocycles. The fourth-order valence-electron chi connectivity index (χ4n) is 2.36. The van der Waals surface area contributed by atoms with Gasteiger partial charge >= 0.3 is 6.03 Å². The molecule has 1 saturated carbocycles. The summed E-state index contributed by atoms with van der Waals surface area (Å²) in [6.07, 6.45) is 2.04. The molecule has 0 bridgehead atoms. The van der Waals surface area contributed by atoms with Crippen molar-refractivity contribution >= 4 is 17.8 Å². The smallest absolute Gasteiger partial charge is 0.320 e. The first-order valence-corrected chi connectivity index (χ1v) is 7.20. The van der Waals surface area contributed by atoms with E-state index in [1.54, 1.807) is 10.7 Å². The van der Waals surface area contributed by atoms with Crippen LogP contribution in [0.4, 0.5) is 10.6 Å². The number of amides is 3. The van der Waals surface area contributed by atoms with Crippen LogP contribution in [0.5, 0.6) is 0 Å². The highest BCUT2D eigenvalue weighted by molar-refractivity contribution is 5.88. The van der Waals surface area contributed by atoms with E-state index in [9.17, 15) is 9.59 Å². The molecule has 8 nitrogen and oxygen atoms in total. The first kappa shape index (κ1) is 13.9. The van der Waals surface area contributed by atoms with Gasteiger partial charge in [-0.15, -0.1) is 0 Å². The molecule has 1 aliphatic heterocycles. The number of hydrogen-bond acceptors (Lipinski definition) is 4. The van der Waals surface area contributed by atoms with Gasteiger partial charge in [0.2, 0.25) is 5.91 Å². The lowest BCUT2D eigenvalue weighted by atomic mass is 10.2. The van der Waals surface area contributed by atoms with Crippen molar-refractivity contribution in [3.05, 3.63) is 11.8 Å². The molecule has 8 heteroatoms. The van der Waals surface area contributed by atoms with Crippen LogP contribution in [0, 0.1) is 6.92 Å². The number of nitrogens with one attached hydrogen (secondary N) is 4. The highest BCUT2D eigenvalue weighted by Crippen LogP contribution is 2.20. The summed E-state index contributed by atoms with van der Waals surface area (Å²) in [4.78, 5) is 23.5. The van der Waals surface area contributed by atoms with Crippen molar-refractivity contribution < 1.29 is 9.59 Å². The van der Waals surface area contributed by atoms with Gasteiger partial charge in [-0.05, 0) is 26.7 Å². The van der Waals surface area contributed by atoms with Crippen molar-refractivity contribution in [2.24, 2.45) is 0 Å². The molecule has 2 unspecified atom stereocenters. The summed E-state index contributed by atoms with van der Waals surface area (Å²) in [6.45, 7) is 3.78. The second-order valence-electron chi connectivity index (χ2n) is 5.73. The van der Waals surface area contributed by atoms with Crippen LogP contribution in [0.1, 0.15) is 38.2 Å². The highest BCUT2D eigenvalue weighted by atomic mass is 16.2. The predicted molar refractivity (Wildman–Crippen MR) is 76.5 cm³/mol. The third kappa shape index (κ3) is 3.33. The lowest BCUT2D eigenvalue weighted by Gasteiger charge is -2.30. The summed E-state index contributed by atoms with van der Waals surface area (Å²) < 4.78 is 1.59. The van der Waals surface area contributed by atoms with Crippen molar-refractivity contribution in [3.8, 4) is 0 Å². The molecule has 3 amide bonds. The van der Waals surface area contributed by atoms with Gasteiger partial charge < -0.3 is 10.6 Å². The van der Waals surface area contributed by atoms with Gasteiger partial charge in [-0.2, -0.15) is 5.10 Å². The standard InChI is InChI=1S/C13H20N6O2/c1-7-6-11(20)17-12(14-7)19-10(5-8(2)18-19)16-13(21)15-9-3-4-9/h5,7,9,12,14H,3-4,6H2,1-2H3,(H,17,20)(H2,15,16,21). The van der Waals surface area contributed by atoms with Crippen LogP contribution in [0.3, 0.4) is 0 Å². The molecule has 2 aliphatic rings. The number of urea groups is 1. The van der Waals surface area contributed by atoms with E-state index in [2.05, 4.69) is 26.4 Å². The average Bonchev–Trinajstić information content (AvgIpc) is 3.10. The van der Waals surface area contributed by atoms with E-state index < -0.39 is 6.29 Å². The SMILES string of the molecule is Cc1cc(NC(=O)NC2CC2)n(C2NC(=O)CC(C)N2)n1. The van der Waals surface area contributed by atoms with E-state index in [4.69, 9.17) is 0 Å². The van der Waals surface area contributed by atoms with Gasteiger partial charge in [0, 0.05) is 24.6 Å². The van der Waals surface area contributed by atoms with Crippen LogP contribution in [-0.2, 0) is 4.79 Å². The summed E-state index contributed by atoms with van der Waals surface area (Å²) in [6, 6.07) is 1.88. The van der Waals surface area contributed by atoms with E-state index >= 15 is 0 Å². The Morgan fingerprint density at radius 3 is 2.90 bits per heavy atom. The number of nitrogens with zero attached hydrogens (tertiary/aromatic N) is 2. The number of aryl methyl sites for hydroxylation is 1. The number of anilines is 1. The van der Waals surface area contributed by atoms with Crippen LogP contribution in [0.2, 0.25) is 0 Å². The third-order valence-electron chi connectivity index (χ3n) is 3.49. The van der Waals surface area contributed by atoms with Crippen LogP contribution in [-0.4, -0.2) is 33.8 Å². The average molecular weight is 292 g/mol. The van der Waals surface area contributed by atoms with Gasteiger partial charge in [-0.3, -0.25) is 15.4 Å². The summed E-state index contributed by atoms with van der Waals surface area (Å²) in [7, 11) is 0. The van der Waals surface area contributed by atoms with Gasteiger partial charge in [-0.25, -0.2) is 9.48 Å². The Bertz CT molecular complexity index is 565. The molecule has 4 N–H and O–H groups in total. The second kappa shape index (κ2) is 5.36. The molecule has 1 saturated heterocycles. The summed E-state index contributed by atoms with van der Waals surface area (Å²) in [5.74, 6) is 0.519. The topological polar surface area (TPSA) is 100 Å². The molecule has 1 aromatic rings. The molecule has 1 aromatic heterocycles. The Labute approximate surface area is 122 Å². The largest absolute Gasteiger partial charge is 0.335 e. The minimum atomic E-state index is -0.453. The van der Waals surface area contributed by atoms with E-state index in [0.29, 0.717) is 12.2 Å². The number of hydrogen-bond donors (Lipinski definition) is 4. The van der Waals surface area contributed by atoms with Gasteiger partial charge in [0.05, 0.1) is 5.69 Å². The summed E-state index contributed by atoms with van der Waals surface area (Å²) >= 11 is 0. The molecule has 21 heavy (non-hydrogen) atoms. The molecular formula is C13H20N6O2. The molecule has 1 aliphatic carbocycles. The monoisotopic (exact) mass is 292 g/mol. The first-order valence-electron chi connectivity index (χ1n) is 7.20. The zero-order chi connectivity index (χ0) is 15.0. The lowest BCUT2D eigenvalue weighted by molar-refractivity contribution is -0.125. The van der Waals surface area contributed by atoms with Gasteiger partial charge in [0.1, 0.15) is 5.82 Å². The fourth-order valence-corrected chi connectivity index (χ4v) is 2.36. The zero-order valence-electron chi connectivity index (χ0n) is 12.1. The molecule has 0 spiro atoms. The lowest BCUT2D eigenvalue weighted by Crippen LogP contribution is -2.52. The van der Waals surface area contributed by atoms with Crippen LogP contribution in [0.15, 0.2) is 6.07 Å². The third-order valence-corrected chi connectivity index (χ3v) is 3.49. The Hall–Kier alpha value is -2.09. The van der Waals surface area contributed by atoms with Crippen molar-refractivity contribution in [2.45, 2.75) is 51.5 Å². The zero-order valence-corrected chi connectivity index (χ0v) is 12.1. The maximum absolute atomic E-state index is 11.9. The Morgan fingerprint density at radius 2 is 2.24 bits per heavy atom. The van der Waals surface area contributed by atoms with E-state index in [1.165, 1.54) is 0 Å². The normalized spacial score (nSPS) is 25.3. The number of carbonyl (C=O) groups excluding carboxylic acids is 2. The molecule has 114 valence electrons. The maximum Gasteiger partial charge on any atom is 0.320 e. The number of rotatable bonds is 3. The summed E-state index contributed by atoms with van der Waals surface area (Å²) in [5, 5.41) is 16.1. The minimum absolute atomic E-state index is 0.0345. The second-order valence-corrected chi connectivity index (χ2v) is 5.73. The van der Waals surface area contributed by atoms with Crippen molar-refractivity contribution in [2.75, 3.05) is 5.32 Å². The number of carbonyl (C=O) groups is 2. The Balaban J connectivity index is 1.74. The number of aromatic nitrogens is 2. The minimum Gasteiger partial charge on any atom is -0.335 e. The highest BCUT2D eigenvalue weighted by Gasteiger charge is 2.27. The van der Waals surface area contributed by atoms with E-state index in [0.717, 1.165) is 18.5 Å². The van der Waals surface area contributed by atoms with Crippen LogP contribution >= 0.6 is 0 Å². The molecule has 3 rings (SSSR count). The molecular weight excluding hydrogens is 272 g/mol. The molecule has 2 atom stereocenters. The summed E-state index contributed by atoms with van der Waals surface area (Å²) in [5.41, 5.74) is 0.769. The Kier molecular flexibility index (Phi) is 3.54. The van der Waals surface area contributed by atoms with E-state index in [1.807, 2.05) is 13.8 Å². The van der Waals surface area contributed by atoms with Gasteiger partial charge in [-0.1, -0.05) is 0 Å². The van der Waals surface area contributed by atoms with Crippen molar-refractivity contribution in [1.82, 2.24) is 25.7 Å². The van der Waals surface area contributed by atoms with Gasteiger partial charge in [0.25, 0.3) is 0 Å². The van der Waals surface area contributed by atoms with Gasteiger partial charge in [0.15, 0.2) is 6.29 Å². The van der Waals surface area contributed by atoms with E-state index in [-0.39, 0.29) is 24.0 Å². The molecule has 0 radical (unpaired) electrons. The molecule has 2 fully saturated rings. The van der Waals surface area contributed by atoms with Crippen LogP contribution < -0.4 is 21.3 Å². The maximum atomic E-state index is 11.9.